The summed E-state index contributed by atoms with van der Waals surface area (Å²) in [5.41, 5.74) is 0.648. The van der Waals surface area contributed by atoms with E-state index in [-0.39, 0.29) is 18.8 Å². The van der Waals surface area contributed by atoms with Crippen molar-refractivity contribution >= 4 is 17.5 Å². The number of carbonyl (C=O) groups is 2. The van der Waals surface area contributed by atoms with Crippen molar-refractivity contribution in [3.63, 3.8) is 0 Å². The van der Waals surface area contributed by atoms with E-state index < -0.39 is 23.7 Å². The summed E-state index contributed by atoms with van der Waals surface area (Å²) in [6, 6.07) is 3.70. The summed E-state index contributed by atoms with van der Waals surface area (Å²) in [5.74, 6) is -1.41. The van der Waals surface area contributed by atoms with E-state index in [0.717, 1.165) is 0 Å². The number of carbonyl (C=O) groups excluding carboxylic acids is 2. The molecule has 1 aliphatic heterocycles. The maximum absolute atomic E-state index is 14.0. The molecule has 102 valence electrons. The van der Waals surface area contributed by atoms with Gasteiger partial charge in [0.1, 0.15) is 11.9 Å². The summed E-state index contributed by atoms with van der Waals surface area (Å²) in [6.45, 7) is 1.49. The molecule has 1 fully saturated rings. The van der Waals surface area contributed by atoms with E-state index in [2.05, 4.69) is 5.32 Å². The average molecular weight is 266 g/mol. The summed E-state index contributed by atoms with van der Waals surface area (Å²) in [4.78, 5) is 24.6. The number of hydrogen-bond acceptors (Lipinski definition) is 4. The SMILES string of the molecule is CCC1C(=O)NC(=O)CN1c1ccc(CO)cc1F. The Balaban J connectivity index is 2.37. The van der Waals surface area contributed by atoms with E-state index in [4.69, 9.17) is 5.11 Å². The van der Waals surface area contributed by atoms with Crippen LogP contribution in [0.3, 0.4) is 0 Å². The lowest BCUT2D eigenvalue weighted by atomic mass is 10.1. The number of benzene rings is 1. The van der Waals surface area contributed by atoms with E-state index in [1.54, 1.807) is 13.0 Å². The first kappa shape index (κ1) is 13.5. The van der Waals surface area contributed by atoms with Gasteiger partial charge >= 0.3 is 0 Å². The Hall–Kier alpha value is -1.95. The van der Waals surface area contributed by atoms with Gasteiger partial charge in [-0.3, -0.25) is 14.9 Å². The molecular formula is C13H15FN2O3. The summed E-state index contributed by atoms with van der Waals surface area (Å²) in [6.07, 6.45) is 0.473. The van der Waals surface area contributed by atoms with Gasteiger partial charge in [-0.1, -0.05) is 13.0 Å². The van der Waals surface area contributed by atoms with E-state index in [1.165, 1.54) is 17.0 Å². The van der Waals surface area contributed by atoms with Crippen LogP contribution in [0.15, 0.2) is 18.2 Å². The summed E-state index contributed by atoms with van der Waals surface area (Å²) in [7, 11) is 0. The van der Waals surface area contributed by atoms with E-state index in [9.17, 15) is 14.0 Å². The van der Waals surface area contributed by atoms with Gasteiger partial charge in [-0.15, -0.1) is 0 Å². The number of piperazine rings is 1. The van der Waals surface area contributed by atoms with Gasteiger partial charge in [-0.05, 0) is 24.1 Å². The fourth-order valence-corrected chi connectivity index (χ4v) is 2.21. The Morgan fingerprint density at radius 2 is 2.21 bits per heavy atom. The van der Waals surface area contributed by atoms with Gasteiger partial charge in [0.2, 0.25) is 11.8 Å². The van der Waals surface area contributed by atoms with Crippen molar-refractivity contribution in [2.24, 2.45) is 0 Å². The third kappa shape index (κ3) is 2.58. The topological polar surface area (TPSA) is 69.6 Å². The molecule has 1 aliphatic rings. The molecule has 0 spiro atoms. The van der Waals surface area contributed by atoms with Gasteiger partial charge in [0.25, 0.3) is 0 Å². The summed E-state index contributed by atoms with van der Waals surface area (Å²) >= 11 is 0. The molecular weight excluding hydrogens is 251 g/mol. The van der Waals surface area contributed by atoms with E-state index in [1.807, 2.05) is 0 Å². The van der Waals surface area contributed by atoms with Crippen LogP contribution >= 0.6 is 0 Å². The fourth-order valence-electron chi connectivity index (χ4n) is 2.21. The second kappa shape index (κ2) is 5.36. The Morgan fingerprint density at radius 1 is 1.47 bits per heavy atom. The van der Waals surface area contributed by atoms with Crippen LogP contribution in [0.25, 0.3) is 0 Å². The van der Waals surface area contributed by atoms with Gasteiger partial charge in [0.05, 0.1) is 18.8 Å². The molecule has 5 nitrogen and oxygen atoms in total. The van der Waals surface area contributed by atoms with Crippen LogP contribution in [0.2, 0.25) is 0 Å². The van der Waals surface area contributed by atoms with Crippen LogP contribution in [0.1, 0.15) is 18.9 Å². The molecule has 6 heteroatoms. The first-order valence-electron chi connectivity index (χ1n) is 6.06. The number of nitrogens with zero attached hydrogens (tertiary/aromatic N) is 1. The van der Waals surface area contributed by atoms with Gasteiger partial charge in [0.15, 0.2) is 0 Å². The number of aliphatic hydroxyl groups excluding tert-OH is 1. The maximum atomic E-state index is 14.0. The molecule has 1 heterocycles. The van der Waals surface area contributed by atoms with E-state index in [0.29, 0.717) is 12.0 Å². The lowest BCUT2D eigenvalue weighted by Crippen LogP contribution is -2.58. The van der Waals surface area contributed by atoms with Gasteiger partial charge in [-0.2, -0.15) is 0 Å². The average Bonchev–Trinajstić information content (AvgIpc) is 2.37. The highest BCUT2D eigenvalue weighted by molar-refractivity contribution is 6.04. The van der Waals surface area contributed by atoms with Gasteiger partial charge < -0.3 is 10.0 Å². The Bertz CT molecular complexity index is 519. The second-order valence-electron chi connectivity index (χ2n) is 4.41. The second-order valence-corrected chi connectivity index (χ2v) is 4.41. The van der Waals surface area contributed by atoms with Crippen LogP contribution in [0.4, 0.5) is 10.1 Å². The molecule has 2 amide bonds. The first-order chi connectivity index (χ1) is 9.06. The molecule has 0 bridgehead atoms. The lowest BCUT2D eigenvalue weighted by Gasteiger charge is -2.35. The molecule has 2 rings (SSSR count). The molecule has 1 aromatic carbocycles. The molecule has 0 aliphatic carbocycles. The predicted octanol–water partition coefficient (Wildman–Crippen LogP) is 0.559. The summed E-state index contributed by atoms with van der Waals surface area (Å²) < 4.78 is 14.0. The summed E-state index contributed by atoms with van der Waals surface area (Å²) in [5, 5.41) is 11.2. The highest BCUT2D eigenvalue weighted by Crippen LogP contribution is 2.25. The minimum absolute atomic E-state index is 0.0559. The van der Waals surface area contributed by atoms with Crippen LogP contribution in [0.5, 0.6) is 0 Å². The molecule has 0 radical (unpaired) electrons. The molecule has 1 atom stereocenters. The van der Waals surface area contributed by atoms with Crippen LogP contribution < -0.4 is 10.2 Å². The standard InChI is InChI=1S/C13H15FN2O3/c1-2-10-13(19)15-12(18)6-16(10)11-4-3-8(7-17)5-9(11)14/h3-5,10,17H,2,6-7H2,1H3,(H,15,18,19). The van der Waals surface area contributed by atoms with Crippen molar-refractivity contribution in [2.75, 3.05) is 11.4 Å². The van der Waals surface area contributed by atoms with Crippen molar-refractivity contribution in [1.82, 2.24) is 5.32 Å². The number of rotatable bonds is 3. The maximum Gasteiger partial charge on any atom is 0.249 e. The number of amides is 2. The van der Waals surface area contributed by atoms with E-state index >= 15 is 0 Å². The van der Waals surface area contributed by atoms with Crippen LogP contribution in [0, 0.1) is 5.82 Å². The molecule has 0 saturated carbocycles. The minimum Gasteiger partial charge on any atom is -0.392 e. The number of aliphatic hydroxyl groups is 1. The Morgan fingerprint density at radius 3 is 2.79 bits per heavy atom. The zero-order valence-corrected chi connectivity index (χ0v) is 10.5. The number of anilines is 1. The first-order valence-corrected chi connectivity index (χ1v) is 6.06. The molecule has 1 aromatic rings. The van der Waals surface area contributed by atoms with Crippen LogP contribution in [-0.4, -0.2) is 29.5 Å². The predicted molar refractivity (Wildman–Crippen MR) is 66.9 cm³/mol. The highest BCUT2D eigenvalue weighted by atomic mass is 19.1. The third-order valence-corrected chi connectivity index (χ3v) is 3.15. The normalized spacial score (nSPS) is 19.5. The minimum atomic E-state index is -0.563. The number of imide groups is 1. The molecule has 1 unspecified atom stereocenters. The van der Waals surface area contributed by atoms with Crippen molar-refractivity contribution < 1.29 is 19.1 Å². The van der Waals surface area contributed by atoms with Crippen molar-refractivity contribution in [1.29, 1.82) is 0 Å². The Labute approximate surface area is 110 Å². The number of hydrogen-bond donors (Lipinski definition) is 2. The fraction of sp³-hybridized carbons (Fsp3) is 0.385. The molecule has 1 saturated heterocycles. The lowest BCUT2D eigenvalue weighted by molar-refractivity contribution is -0.132. The zero-order valence-electron chi connectivity index (χ0n) is 10.5. The highest BCUT2D eigenvalue weighted by Gasteiger charge is 2.33. The molecule has 19 heavy (non-hydrogen) atoms. The number of nitrogens with one attached hydrogen (secondary N) is 1. The largest absolute Gasteiger partial charge is 0.392 e. The molecule has 0 aromatic heterocycles. The quantitative estimate of drug-likeness (QED) is 0.784. The smallest absolute Gasteiger partial charge is 0.249 e. The zero-order chi connectivity index (χ0) is 14.0. The third-order valence-electron chi connectivity index (χ3n) is 3.15. The molecule has 2 N–H and O–H groups in total. The van der Waals surface area contributed by atoms with Crippen LogP contribution in [-0.2, 0) is 16.2 Å². The van der Waals surface area contributed by atoms with Gasteiger partial charge in [0, 0.05) is 0 Å². The van der Waals surface area contributed by atoms with Crippen molar-refractivity contribution in [3.05, 3.63) is 29.6 Å². The van der Waals surface area contributed by atoms with Crippen molar-refractivity contribution in [2.45, 2.75) is 26.0 Å². The number of halogens is 1. The monoisotopic (exact) mass is 266 g/mol. The van der Waals surface area contributed by atoms with Crippen molar-refractivity contribution in [3.8, 4) is 0 Å². The van der Waals surface area contributed by atoms with Gasteiger partial charge in [-0.25, -0.2) is 4.39 Å². The Kier molecular flexibility index (Phi) is 3.80.